The van der Waals surface area contributed by atoms with Gasteiger partial charge in [0.15, 0.2) is 5.78 Å². The van der Waals surface area contributed by atoms with Gasteiger partial charge in [-0.15, -0.1) is 0 Å². The number of carbonyl (C=O) groups excluding carboxylic acids is 1. The van der Waals surface area contributed by atoms with Crippen molar-refractivity contribution in [1.82, 2.24) is 0 Å². The highest BCUT2D eigenvalue weighted by atomic mass is 16.1. The number of benzene rings is 4. The molecule has 0 aliphatic carbocycles. The molecule has 4 aromatic rings. The molecular formula is C28H22O. The van der Waals surface area contributed by atoms with E-state index < -0.39 is 0 Å². The monoisotopic (exact) mass is 374 g/mol. The van der Waals surface area contributed by atoms with Crippen molar-refractivity contribution < 1.29 is 4.79 Å². The zero-order valence-electron chi connectivity index (χ0n) is 16.9. The van der Waals surface area contributed by atoms with Crippen LogP contribution in [-0.4, -0.2) is 5.78 Å². The Bertz CT molecular complexity index is 1300. The van der Waals surface area contributed by atoms with Crippen LogP contribution in [0.25, 0.3) is 21.9 Å². The SMILES string of the molecule is CC(=O)c1c(-c2cccc(C)c2)cc2ccccc2c1C#Cc1cccc(C)c1. The van der Waals surface area contributed by atoms with Gasteiger partial charge in [-0.25, -0.2) is 0 Å². The number of aryl methyl sites for hydroxylation is 2. The summed E-state index contributed by atoms with van der Waals surface area (Å²) in [4.78, 5) is 12.8. The Morgan fingerprint density at radius 3 is 2.21 bits per heavy atom. The Balaban J connectivity index is 2.04. The Morgan fingerprint density at radius 2 is 1.48 bits per heavy atom. The molecule has 0 aliphatic rings. The second-order valence-electron chi connectivity index (χ2n) is 7.44. The molecule has 4 aromatic carbocycles. The van der Waals surface area contributed by atoms with Crippen LogP contribution in [0.3, 0.4) is 0 Å². The number of fused-ring (bicyclic) bond motifs is 1. The van der Waals surface area contributed by atoms with Crippen molar-refractivity contribution in [3.63, 3.8) is 0 Å². The number of Topliss-reactive ketones (excluding diaryl/α,β-unsaturated/α-hetero) is 1. The Hall–Kier alpha value is -3.63. The second kappa shape index (κ2) is 7.78. The lowest BCUT2D eigenvalue weighted by Gasteiger charge is -2.14. The van der Waals surface area contributed by atoms with Crippen molar-refractivity contribution in [3.8, 4) is 23.0 Å². The van der Waals surface area contributed by atoms with Crippen LogP contribution >= 0.6 is 0 Å². The van der Waals surface area contributed by atoms with Crippen LogP contribution < -0.4 is 0 Å². The molecular weight excluding hydrogens is 352 g/mol. The summed E-state index contributed by atoms with van der Waals surface area (Å²) in [6.45, 7) is 5.75. The maximum absolute atomic E-state index is 12.8. The maximum atomic E-state index is 12.8. The Labute approximate surface area is 172 Å². The summed E-state index contributed by atoms with van der Waals surface area (Å²) in [5, 5.41) is 2.09. The number of carbonyl (C=O) groups is 1. The molecule has 0 amide bonds. The van der Waals surface area contributed by atoms with Crippen molar-refractivity contribution in [3.05, 3.63) is 107 Å². The van der Waals surface area contributed by atoms with Crippen LogP contribution in [0, 0.1) is 25.7 Å². The van der Waals surface area contributed by atoms with Crippen LogP contribution in [0.5, 0.6) is 0 Å². The lowest BCUT2D eigenvalue weighted by atomic mass is 9.88. The predicted octanol–water partition coefficient (Wildman–Crippen LogP) is 6.73. The van der Waals surface area contributed by atoms with E-state index >= 15 is 0 Å². The summed E-state index contributed by atoms with van der Waals surface area (Å²) in [5.41, 5.74) is 6.75. The third-order valence-corrected chi connectivity index (χ3v) is 5.08. The van der Waals surface area contributed by atoms with E-state index in [0.717, 1.165) is 38.6 Å². The lowest BCUT2D eigenvalue weighted by molar-refractivity contribution is 0.101. The topological polar surface area (TPSA) is 17.1 Å². The summed E-state index contributed by atoms with van der Waals surface area (Å²) < 4.78 is 0. The van der Waals surface area contributed by atoms with Crippen molar-refractivity contribution in [2.24, 2.45) is 0 Å². The van der Waals surface area contributed by atoms with Crippen molar-refractivity contribution >= 4 is 16.6 Å². The number of ketones is 1. The van der Waals surface area contributed by atoms with Crippen LogP contribution in [0.1, 0.15) is 39.5 Å². The van der Waals surface area contributed by atoms with E-state index in [2.05, 4.69) is 68.2 Å². The Kier molecular flexibility index (Phi) is 5.02. The minimum atomic E-state index is 0.0285. The fraction of sp³-hybridized carbons (Fsp3) is 0.107. The summed E-state index contributed by atoms with van der Waals surface area (Å²) in [6, 6.07) is 26.6. The molecule has 0 N–H and O–H groups in total. The molecule has 0 unspecified atom stereocenters. The highest BCUT2D eigenvalue weighted by molar-refractivity contribution is 6.09. The molecule has 4 rings (SSSR count). The second-order valence-corrected chi connectivity index (χ2v) is 7.44. The third-order valence-electron chi connectivity index (χ3n) is 5.08. The van der Waals surface area contributed by atoms with E-state index in [9.17, 15) is 4.79 Å². The highest BCUT2D eigenvalue weighted by Gasteiger charge is 2.17. The van der Waals surface area contributed by atoms with Gasteiger partial charge in [0.2, 0.25) is 0 Å². The first-order valence-corrected chi connectivity index (χ1v) is 9.75. The maximum Gasteiger partial charge on any atom is 0.161 e. The van der Waals surface area contributed by atoms with E-state index in [1.807, 2.05) is 36.4 Å². The molecule has 0 aromatic heterocycles. The molecule has 0 aliphatic heterocycles. The number of hydrogen-bond donors (Lipinski definition) is 0. The van der Waals surface area contributed by atoms with E-state index in [4.69, 9.17) is 0 Å². The van der Waals surface area contributed by atoms with Gasteiger partial charge in [0.05, 0.1) is 0 Å². The lowest BCUT2D eigenvalue weighted by Crippen LogP contribution is -2.02. The minimum absolute atomic E-state index is 0.0285. The predicted molar refractivity (Wildman–Crippen MR) is 121 cm³/mol. The zero-order valence-corrected chi connectivity index (χ0v) is 16.9. The number of hydrogen-bond acceptors (Lipinski definition) is 1. The van der Waals surface area contributed by atoms with Gasteiger partial charge in [-0.3, -0.25) is 4.79 Å². The molecule has 0 bridgehead atoms. The molecule has 0 fully saturated rings. The molecule has 29 heavy (non-hydrogen) atoms. The van der Waals surface area contributed by atoms with Gasteiger partial charge in [-0.1, -0.05) is 78.1 Å². The van der Waals surface area contributed by atoms with Crippen LogP contribution in [0.2, 0.25) is 0 Å². The van der Waals surface area contributed by atoms with Crippen molar-refractivity contribution in [1.29, 1.82) is 0 Å². The van der Waals surface area contributed by atoms with E-state index in [1.54, 1.807) is 6.92 Å². The number of rotatable bonds is 2. The first-order valence-electron chi connectivity index (χ1n) is 9.75. The summed E-state index contributed by atoms with van der Waals surface area (Å²) >= 11 is 0. The highest BCUT2D eigenvalue weighted by Crippen LogP contribution is 2.33. The van der Waals surface area contributed by atoms with Gasteiger partial charge in [-0.05, 0) is 66.4 Å². The minimum Gasteiger partial charge on any atom is -0.294 e. The van der Waals surface area contributed by atoms with Gasteiger partial charge in [0.25, 0.3) is 0 Å². The molecule has 1 heteroatoms. The van der Waals surface area contributed by atoms with Gasteiger partial charge >= 0.3 is 0 Å². The van der Waals surface area contributed by atoms with Gasteiger partial charge < -0.3 is 0 Å². The van der Waals surface area contributed by atoms with Gasteiger partial charge in [0.1, 0.15) is 0 Å². The van der Waals surface area contributed by atoms with Crippen molar-refractivity contribution in [2.75, 3.05) is 0 Å². The average molecular weight is 374 g/mol. The Morgan fingerprint density at radius 1 is 0.759 bits per heavy atom. The van der Waals surface area contributed by atoms with E-state index in [1.165, 1.54) is 5.56 Å². The molecule has 0 saturated heterocycles. The zero-order chi connectivity index (χ0) is 20.4. The largest absolute Gasteiger partial charge is 0.294 e. The van der Waals surface area contributed by atoms with Crippen LogP contribution in [0.4, 0.5) is 0 Å². The van der Waals surface area contributed by atoms with Gasteiger partial charge in [-0.2, -0.15) is 0 Å². The fourth-order valence-corrected chi connectivity index (χ4v) is 3.74. The van der Waals surface area contributed by atoms with Gasteiger partial charge in [0, 0.05) is 16.7 Å². The quantitative estimate of drug-likeness (QED) is 0.281. The average Bonchev–Trinajstić information content (AvgIpc) is 2.71. The van der Waals surface area contributed by atoms with Crippen LogP contribution in [0.15, 0.2) is 78.9 Å². The molecule has 0 heterocycles. The molecule has 0 saturated carbocycles. The molecule has 0 spiro atoms. The smallest absolute Gasteiger partial charge is 0.161 e. The van der Waals surface area contributed by atoms with Crippen molar-refractivity contribution in [2.45, 2.75) is 20.8 Å². The molecule has 1 nitrogen and oxygen atoms in total. The first kappa shape index (κ1) is 18.7. The fourth-order valence-electron chi connectivity index (χ4n) is 3.74. The summed E-state index contributed by atoms with van der Waals surface area (Å²) in [7, 11) is 0. The molecule has 140 valence electrons. The standard InChI is InChI=1S/C28H22O/c1-19-8-6-10-22(16-19)14-15-26-25-13-5-4-11-24(25)18-27(28(26)21(3)29)23-12-7-9-20(2)17-23/h4-13,16-18H,1-3H3. The summed E-state index contributed by atoms with van der Waals surface area (Å²) in [5.74, 6) is 6.64. The molecule has 0 radical (unpaired) electrons. The van der Waals surface area contributed by atoms with E-state index in [-0.39, 0.29) is 5.78 Å². The van der Waals surface area contributed by atoms with E-state index in [0.29, 0.717) is 5.56 Å². The first-order chi connectivity index (χ1) is 14.0. The molecule has 0 atom stereocenters. The summed E-state index contributed by atoms with van der Waals surface area (Å²) in [6.07, 6.45) is 0. The van der Waals surface area contributed by atoms with Crippen LogP contribution in [-0.2, 0) is 0 Å². The third kappa shape index (κ3) is 3.84. The normalized spacial score (nSPS) is 10.4.